The minimum Gasteiger partial charge on any atom is -0.496 e. The Balaban J connectivity index is 2.28. The van der Waals surface area contributed by atoms with Gasteiger partial charge in [0.05, 0.1) is 13.4 Å². The van der Waals surface area contributed by atoms with Crippen LogP contribution in [0.3, 0.4) is 0 Å². The molecule has 0 aliphatic rings. The number of methoxy groups -OCH3 is 1. The first-order valence-electron chi connectivity index (χ1n) is 5.49. The lowest BCUT2D eigenvalue weighted by molar-refractivity contribution is 0.420. The maximum atomic E-state index is 5.42. The summed E-state index contributed by atoms with van der Waals surface area (Å²) in [5.74, 6) is 1.73. The fourth-order valence-electron chi connectivity index (χ4n) is 2.03. The van der Waals surface area contributed by atoms with Crippen LogP contribution in [0.5, 0.6) is 5.75 Å². The van der Waals surface area contributed by atoms with Gasteiger partial charge in [-0.3, -0.25) is 0 Å². The van der Waals surface area contributed by atoms with Crippen LogP contribution < -0.4 is 4.74 Å². The first-order chi connectivity index (χ1) is 8.38. The number of furan rings is 1. The second kappa shape index (κ2) is 3.98. The lowest BCUT2D eigenvalue weighted by Crippen LogP contribution is -1.86. The standard InChI is InChI=1S/C15H12O2/c1-16-15-10-12(14-7-4-8-17-14)9-11-5-2-3-6-13(11)15/h2-10H,1H3. The van der Waals surface area contributed by atoms with Gasteiger partial charge in [0.2, 0.25) is 0 Å². The molecule has 1 heterocycles. The molecule has 0 aliphatic carbocycles. The molecule has 0 atom stereocenters. The smallest absolute Gasteiger partial charge is 0.134 e. The normalized spacial score (nSPS) is 10.6. The third kappa shape index (κ3) is 1.68. The molecule has 2 heteroatoms. The highest BCUT2D eigenvalue weighted by Crippen LogP contribution is 2.32. The topological polar surface area (TPSA) is 22.4 Å². The zero-order chi connectivity index (χ0) is 11.7. The summed E-state index contributed by atoms with van der Waals surface area (Å²) >= 11 is 0. The third-order valence-corrected chi connectivity index (χ3v) is 2.85. The van der Waals surface area contributed by atoms with Gasteiger partial charge < -0.3 is 9.15 Å². The summed E-state index contributed by atoms with van der Waals surface area (Å²) in [6, 6.07) is 16.1. The molecule has 17 heavy (non-hydrogen) atoms. The zero-order valence-corrected chi connectivity index (χ0v) is 9.51. The highest BCUT2D eigenvalue weighted by Gasteiger charge is 2.07. The van der Waals surface area contributed by atoms with Crippen LogP contribution in [0.2, 0.25) is 0 Å². The van der Waals surface area contributed by atoms with Crippen molar-refractivity contribution in [3.8, 4) is 17.1 Å². The van der Waals surface area contributed by atoms with Crippen molar-refractivity contribution in [2.24, 2.45) is 0 Å². The highest BCUT2D eigenvalue weighted by molar-refractivity contribution is 5.92. The van der Waals surface area contributed by atoms with Gasteiger partial charge in [0.1, 0.15) is 11.5 Å². The first-order valence-corrected chi connectivity index (χ1v) is 5.49. The van der Waals surface area contributed by atoms with Gasteiger partial charge in [-0.25, -0.2) is 0 Å². The van der Waals surface area contributed by atoms with Crippen molar-refractivity contribution in [3.05, 3.63) is 54.8 Å². The highest BCUT2D eigenvalue weighted by atomic mass is 16.5. The van der Waals surface area contributed by atoms with E-state index < -0.39 is 0 Å². The Bertz CT molecular complexity index is 639. The Labute approximate surface area is 99.4 Å². The molecule has 3 rings (SSSR count). The van der Waals surface area contributed by atoms with Crippen molar-refractivity contribution in [1.82, 2.24) is 0 Å². The number of fused-ring (bicyclic) bond motifs is 1. The molecule has 1 aromatic heterocycles. The number of hydrogen-bond donors (Lipinski definition) is 0. The van der Waals surface area contributed by atoms with Gasteiger partial charge in [-0.15, -0.1) is 0 Å². The molecule has 0 amide bonds. The molecule has 3 aromatic rings. The average molecular weight is 224 g/mol. The first kappa shape index (κ1) is 9.97. The van der Waals surface area contributed by atoms with Crippen LogP contribution in [0.25, 0.3) is 22.1 Å². The van der Waals surface area contributed by atoms with Crippen molar-refractivity contribution >= 4 is 10.8 Å². The molecule has 0 fully saturated rings. The molecule has 0 N–H and O–H groups in total. The number of ether oxygens (including phenoxy) is 1. The van der Waals surface area contributed by atoms with E-state index in [2.05, 4.69) is 18.2 Å². The third-order valence-electron chi connectivity index (χ3n) is 2.85. The monoisotopic (exact) mass is 224 g/mol. The van der Waals surface area contributed by atoms with Gasteiger partial charge in [-0.05, 0) is 29.7 Å². The fourth-order valence-corrected chi connectivity index (χ4v) is 2.03. The summed E-state index contributed by atoms with van der Waals surface area (Å²) in [6.45, 7) is 0. The van der Waals surface area contributed by atoms with Crippen LogP contribution in [0.15, 0.2) is 59.2 Å². The molecule has 0 saturated heterocycles. The number of rotatable bonds is 2. The second-order valence-corrected chi connectivity index (χ2v) is 3.88. The van der Waals surface area contributed by atoms with E-state index in [1.807, 2.05) is 30.3 Å². The number of hydrogen-bond acceptors (Lipinski definition) is 2. The van der Waals surface area contributed by atoms with Crippen molar-refractivity contribution in [2.75, 3.05) is 7.11 Å². The van der Waals surface area contributed by atoms with Crippen LogP contribution in [-0.4, -0.2) is 7.11 Å². The molecule has 0 radical (unpaired) electrons. The summed E-state index contributed by atoms with van der Waals surface area (Å²) in [6.07, 6.45) is 1.68. The van der Waals surface area contributed by atoms with Gasteiger partial charge >= 0.3 is 0 Å². The molecule has 0 unspecified atom stereocenters. The molecular formula is C15H12O2. The van der Waals surface area contributed by atoms with Crippen LogP contribution >= 0.6 is 0 Å². The SMILES string of the molecule is COc1cc(-c2ccco2)cc2ccccc12. The summed E-state index contributed by atoms with van der Waals surface area (Å²) in [5, 5.41) is 2.27. The fraction of sp³-hybridized carbons (Fsp3) is 0.0667. The lowest BCUT2D eigenvalue weighted by atomic mass is 10.0. The van der Waals surface area contributed by atoms with Crippen molar-refractivity contribution in [2.45, 2.75) is 0 Å². The predicted molar refractivity (Wildman–Crippen MR) is 68.2 cm³/mol. The van der Waals surface area contributed by atoms with Gasteiger partial charge in [0, 0.05) is 10.9 Å². The van der Waals surface area contributed by atoms with E-state index in [0.29, 0.717) is 0 Å². The summed E-state index contributed by atoms with van der Waals surface area (Å²) in [7, 11) is 1.69. The summed E-state index contributed by atoms with van der Waals surface area (Å²) in [5.41, 5.74) is 1.03. The van der Waals surface area contributed by atoms with Gasteiger partial charge in [0.25, 0.3) is 0 Å². The number of benzene rings is 2. The molecule has 0 spiro atoms. The van der Waals surface area contributed by atoms with E-state index in [1.54, 1.807) is 13.4 Å². The maximum absolute atomic E-state index is 5.42. The molecule has 84 valence electrons. The van der Waals surface area contributed by atoms with Crippen LogP contribution in [0, 0.1) is 0 Å². The Kier molecular flexibility index (Phi) is 2.33. The lowest BCUT2D eigenvalue weighted by Gasteiger charge is -2.07. The Morgan fingerprint density at radius 2 is 1.88 bits per heavy atom. The minimum absolute atomic E-state index is 0.856. The van der Waals surface area contributed by atoms with Gasteiger partial charge in [0.15, 0.2) is 0 Å². The minimum atomic E-state index is 0.856. The van der Waals surface area contributed by atoms with E-state index in [-0.39, 0.29) is 0 Å². The molecule has 0 saturated carbocycles. The van der Waals surface area contributed by atoms with Gasteiger partial charge in [-0.1, -0.05) is 24.3 Å². The summed E-state index contributed by atoms with van der Waals surface area (Å²) < 4.78 is 10.8. The van der Waals surface area contributed by atoms with Crippen LogP contribution in [-0.2, 0) is 0 Å². The zero-order valence-electron chi connectivity index (χ0n) is 9.51. The summed E-state index contributed by atoms with van der Waals surface area (Å²) in [4.78, 5) is 0. The molecule has 0 bridgehead atoms. The molecular weight excluding hydrogens is 212 g/mol. The Morgan fingerprint density at radius 3 is 2.65 bits per heavy atom. The van der Waals surface area contributed by atoms with E-state index in [4.69, 9.17) is 9.15 Å². The van der Waals surface area contributed by atoms with E-state index in [9.17, 15) is 0 Å². The van der Waals surface area contributed by atoms with Crippen LogP contribution in [0.1, 0.15) is 0 Å². The average Bonchev–Trinajstić information content (AvgIpc) is 2.91. The Hall–Kier alpha value is -2.22. The quantitative estimate of drug-likeness (QED) is 0.653. The molecule has 2 aromatic carbocycles. The maximum Gasteiger partial charge on any atom is 0.134 e. The van der Waals surface area contributed by atoms with E-state index >= 15 is 0 Å². The van der Waals surface area contributed by atoms with Crippen molar-refractivity contribution in [1.29, 1.82) is 0 Å². The van der Waals surface area contributed by atoms with Crippen molar-refractivity contribution < 1.29 is 9.15 Å². The second-order valence-electron chi connectivity index (χ2n) is 3.88. The Morgan fingerprint density at radius 1 is 1.00 bits per heavy atom. The van der Waals surface area contributed by atoms with Crippen LogP contribution in [0.4, 0.5) is 0 Å². The molecule has 0 aliphatic heterocycles. The van der Waals surface area contributed by atoms with Crippen molar-refractivity contribution in [3.63, 3.8) is 0 Å². The van der Waals surface area contributed by atoms with E-state index in [1.165, 1.54) is 0 Å². The molecule has 2 nitrogen and oxygen atoms in total. The predicted octanol–water partition coefficient (Wildman–Crippen LogP) is 4.11. The largest absolute Gasteiger partial charge is 0.496 e. The van der Waals surface area contributed by atoms with Gasteiger partial charge in [-0.2, -0.15) is 0 Å². The van der Waals surface area contributed by atoms with E-state index in [0.717, 1.165) is 27.8 Å².